The van der Waals surface area contributed by atoms with E-state index in [1.54, 1.807) is 37.6 Å². The number of ether oxygens (including phenoxy) is 2. The van der Waals surface area contributed by atoms with Crippen molar-refractivity contribution in [3.05, 3.63) is 65.7 Å². The van der Waals surface area contributed by atoms with Gasteiger partial charge in [0.05, 0.1) is 26.5 Å². The number of pyridine rings is 1. The average Bonchev–Trinajstić information content (AvgIpc) is 3.37. The van der Waals surface area contributed by atoms with Gasteiger partial charge in [0.2, 0.25) is 0 Å². The molecule has 0 saturated heterocycles. The van der Waals surface area contributed by atoms with E-state index in [0.717, 1.165) is 22.4 Å². The summed E-state index contributed by atoms with van der Waals surface area (Å²) in [5.74, 6) is 1.53. The lowest BCUT2D eigenvalue weighted by molar-refractivity contribution is -0.113. The monoisotopic (exact) mass is 406 g/mol. The second-order valence-corrected chi connectivity index (χ2v) is 6.88. The maximum Gasteiger partial charge on any atom is 0.299 e. The molecule has 1 amide bonds. The standard InChI is InChI=1S/C22H22N4O4/c1-14-4-5-15(13-28-2)8-18(14)25-22-24-11-19(30-22)16-6-7-23-20(9-16)26-12-17(29-3)10-21(26)27/h4-11H,12-13H2,1-3H3,(H,24,25). The van der Waals surface area contributed by atoms with Crippen LogP contribution in [0.25, 0.3) is 11.3 Å². The summed E-state index contributed by atoms with van der Waals surface area (Å²) in [7, 11) is 3.21. The molecule has 0 fully saturated rings. The summed E-state index contributed by atoms with van der Waals surface area (Å²) in [4.78, 5) is 22.4. The van der Waals surface area contributed by atoms with Crippen LogP contribution in [-0.4, -0.2) is 36.6 Å². The molecule has 0 radical (unpaired) electrons. The minimum atomic E-state index is -0.164. The third-order valence-electron chi connectivity index (χ3n) is 4.79. The van der Waals surface area contributed by atoms with E-state index in [2.05, 4.69) is 15.3 Å². The van der Waals surface area contributed by atoms with Gasteiger partial charge in [0.15, 0.2) is 5.76 Å². The highest BCUT2D eigenvalue weighted by Gasteiger charge is 2.25. The van der Waals surface area contributed by atoms with Gasteiger partial charge in [-0.3, -0.25) is 9.69 Å². The van der Waals surface area contributed by atoms with Gasteiger partial charge in [-0.05, 0) is 36.2 Å². The molecule has 3 heterocycles. The van der Waals surface area contributed by atoms with Crippen molar-refractivity contribution in [2.45, 2.75) is 13.5 Å². The van der Waals surface area contributed by atoms with Crippen LogP contribution < -0.4 is 10.2 Å². The van der Waals surface area contributed by atoms with Gasteiger partial charge in [0, 0.05) is 30.6 Å². The quantitative estimate of drug-likeness (QED) is 0.638. The van der Waals surface area contributed by atoms with Crippen molar-refractivity contribution in [1.82, 2.24) is 9.97 Å². The molecule has 8 nitrogen and oxygen atoms in total. The summed E-state index contributed by atoms with van der Waals surface area (Å²) < 4.78 is 16.3. The Bertz CT molecular complexity index is 1110. The summed E-state index contributed by atoms with van der Waals surface area (Å²) in [6.07, 6.45) is 4.74. The van der Waals surface area contributed by atoms with E-state index >= 15 is 0 Å². The molecule has 154 valence electrons. The molecule has 1 aliphatic heterocycles. The van der Waals surface area contributed by atoms with Crippen LogP contribution in [0.15, 0.2) is 59.0 Å². The maximum atomic E-state index is 12.2. The summed E-state index contributed by atoms with van der Waals surface area (Å²) in [5, 5.41) is 3.21. The number of oxazole rings is 1. The summed E-state index contributed by atoms with van der Waals surface area (Å²) in [6.45, 7) is 2.89. The van der Waals surface area contributed by atoms with Gasteiger partial charge in [-0.2, -0.15) is 0 Å². The predicted molar refractivity (Wildman–Crippen MR) is 112 cm³/mol. The van der Waals surface area contributed by atoms with E-state index in [0.29, 0.717) is 36.5 Å². The maximum absolute atomic E-state index is 12.2. The molecule has 1 aromatic carbocycles. The second-order valence-electron chi connectivity index (χ2n) is 6.88. The molecule has 0 bridgehead atoms. The number of nitrogens with zero attached hydrogens (tertiary/aromatic N) is 3. The minimum Gasteiger partial charge on any atom is -0.499 e. The molecule has 0 atom stereocenters. The minimum absolute atomic E-state index is 0.164. The Morgan fingerprint density at radius 3 is 2.83 bits per heavy atom. The number of nitrogens with one attached hydrogen (secondary N) is 1. The molecule has 0 aliphatic carbocycles. The SMILES string of the molecule is COCc1ccc(C)c(Nc2ncc(-c3ccnc(N4CC(OC)=CC4=O)c3)o2)c1. The number of benzene rings is 1. The number of anilines is 3. The fourth-order valence-corrected chi connectivity index (χ4v) is 3.17. The molecule has 30 heavy (non-hydrogen) atoms. The van der Waals surface area contributed by atoms with Crippen LogP contribution in [0.2, 0.25) is 0 Å². The number of aryl methyl sites for hydroxylation is 1. The van der Waals surface area contributed by atoms with Crippen molar-refractivity contribution in [1.29, 1.82) is 0 Å². The highest BCUT2D eigenvalue weighted by atomic mass is 16.5. The van der Waals surface area contributed by atoms with Crippen molar-refractivity contribution < 1.29 is 18.7 Å². The summed E-state index contributed by atoms with van der Waals surface area (Å²) in [6, 6.07) is 10.0. The zero-order chi connectivity index (χ0) is 21.1. The number of carbonyl (C=O) groups excluding carboxylic acids is 1. The first-order valence-corrected chi connectivity index (χ1v) is 9.41. The number of hydrogen-bond acceptors (Lipinski definition) is 7. The first-order chi connectivity index (χ1) is 14.6. The summed E-state index contributed by atoms with van der Waals surface area (Å²) in [5.41, 5.74) is 3.78. The number of rotatable bonds is 7. The Morgan fingerprint density at radius 1 is 1.20 bits per heavy atom. The number of hydrogen-bond donors (Lipinski definition) is 1. The van der Waals surface area contributed by atoms with Crippen molar-refractivity contribution in [2.24, 2.45) is 0 Å². The van der Waals surface area contributed by atoms with Gasteiger partial charge in [0.1, 0.15) is 11.6 Å². The smallest absolute Gasteiger partial charge is 0.299 e. The van der Waals surface area contributed by atoms with Crippen LogP contribution >= 0.6 is 0 Å². The summed E-state index contributed by atoms with van der Waals surface area (Å²) >= 11 is 0. The van der Waals surface area contributed by atoms with E-state index in [-0.39, 0.29) is 5.91 Å². The highest BCUT2D eigenvalue weighted by molar-refractivity contribution is 6.04. The Kier molecular flexibility index (Phi) is 5.49. The van der Waals surface area contributed by atoms with Gasteiger partial charge in [-0.1, -0.05) is 12.1 Å². The first-order valence-electron chi connectivity index (χ1n) is 9.41. The average molecular weight is 406 g/mol. The van der Waals surface area contributed by atoms with Crippen molar-refractivity contribution in [3.8, 4) is 11.3 Å². The van der Waals surface area contributed by atoms with Crippen molar-refractivity contribution >= 4 is 23.4 Å². The Morgan fingerprint density at radius 2 is 2.07 bits per heavy atom. The predicted octanol–water partition coefficient (Wildman–Crippen LogP) is 3.81. The van der Waals surface area contributed by atoms with E-state index in [1.807, 2.05) is 31.2 Å². The Balaban J connectivity index is 1.54. The fourth-order valence-electron chi connectivity index (χ4n) is 3.17. The van der Waals surface area contributed by atoms with Crippen LogP contribution in [0.3, 0.4) is 0 Å². The largest absolute Gasteiger partial charge is 0.499 e. The zero-order valence-electron chi connectivity index (χ0n) is 17.0. The van der Waals surface area contributed by atoms with Crippen LogP contribution in [-0.2, 0) is 20.9 Å². The van der Waals surface area contributed by atoms with Crippen molar-refractivity contribution in [3.63, 3.8) is 0 Å². The molecule has 0 unspecified atom stereocenters. The lowest BCUT2D eigenvalue weighted by Crippen LogP contribution is -2.26. The molecule has 0 spiro atoms. The van der Waals surface area contributed by atoms with Crippen LogP contribution in [0, 0.1) is 6.92 Å². The first kappa shape index (κ1) is 19.7. The Hall–Kier alpha value is -3.65. The third kappa shape index (κ3) is 4.04. The zero-order valence-corrected chi connectivity index (χ0v) is 17.0. The topological polar surface area (TPSA) is 89.7 Å². The van der Waals surface area contributed by atoms with Gasteiger partial charge < -0.3 is 19.2 Å². The molecule has 0 saturated carbocycles. The fraction of sp³-hybridized carbons (Fsp3) is 0.227. The molecular formula is C22H22N4O4. The van der Waals surface area contributed by atoms with Crippen LogP contribution in [0.4, 0.5) is 17.5 Å². The number of methoxy groups -OCH3 is 2. The van der Waals surface area contributed by atoms with Crippen molar-refractivity contribution in [2.75, 3.05) is 31.0 Å². The van der Waals surface area contributed by atoms with Gasteiger partial charge in [-0.15, -0.1) is 0 Å². The number of amides is 1. The number of carbonyl (C=O) groups is 1. The lowest BCUT2D eigenvalue weighted by atomic mass is 10.1. The molecule has 8 heteroatoms. The molecule has 1 N–H and O–H groups in total. The number of aromatic nitrogens is 2. The second kappa shape index (κ2) is 8.38. The molecule has 2 aromatic heterocycles. The Labute approximate surface area is 174 Å². The molecular weight excluding hydrogens is 384 g/mol. The van der Waals surface area contributed by atoms with Gasteiger partial charge >= 0.3 is 0 Å². The van der Waals surface area contributed by atoms with E-state index < -0.39 is 0 Å². The normalized spacial score (nSPS) is 13.5. The van der Waals surface area contributed by atoms with Gasteiger partial charge in [0.25, 0.3) is 11.9 Å². The molecule has 3 aromatic rings. The van der Waals surface area contributed by atoms with E-state index in [1.165, 1.54) is 6.08 Å². The lowest BCUT2D eigenvalue weighted by Gasteiger charge is -2.15. The van der Waals surface area contributed by atoms with Crippen LogP contribution in [0.1, 0.15) is 11.1 Å². The molecule has 4 rings (SSSR count). The third-order valence-corrected chi connectivity index (χ3v) is 4.79. The molecule has 1 aliphatic rings. The van der Waals surface area contributed by atoms with E-state index in [9.17, 15) is 4.79 Å². The highest BCUT2D eigenvalue weighted by Crippen LogP contribution is 2.29. The van der Waals surface area contributed by atoms with E-state index in [4.69, 9.17) is 13.9 Å². The van der Waals surface area contributed by atoms with Crippen LogP contribution in [0.5, 0.6) is 0 Å². The van der Waals surface area contributed by atoms with Gasteiger partial charge in [-0.25, -0.2) is 9.97 Å².